The molecule has 0 unspecified atom stereocenters. The van der Waals surface area contributed by atoms with Gasteiger partial charge in [-0.05, 0) is 12.1 Å². The summed E-state index contributed by atoms with van der Waals surface area (Å²) in [6, 6.07) is 4.91. The summed E-state index contributed by atoms with van der Waals surface area (Å²) in [4.78, 5) is 24.2. The van der Waals surface area contributed by atoms with Gasteiger partial charge in [0.05, 0.1) is 6.54 Å². The van der Waals surface area contributed by atoms with E-state index in [1.807, 2.05) is 0 Å². The molecule has 0 spiro atoms. The van der Waals surface area contributed by atoms with Crippen LogP contribution < -0.4 is 14.2 Å². The first kappa shape index (κ1) is 14.7. The smallest absolute Gasteiger partial charge is 0.422 e. The molecule has 2 rings (SSSR count). The van der Waals surface area contributed by atoms with Crippen LogP contribution in [0.25, 0.3) is 0 Å². The van der Waals surface area contributed by atoms with Gasteiger partial charge in [-0.1, -0.05) is 12.0 Å². The molecule has 0 saturated carbocycles. The van der Waals surface area contributed by atoms with Crippen LogP contribution in [0.4, 0.5) is 4.79 Å². The molecule has 0 aliphatic carbocycles. The summed E-state index contributed by atoms with van der Waals surface area (Å²) in [5.74, 6) is 1.85. The van der Waals surface area contributed by atoms with Crippen LogP contribution in [0.15, 0.2) is 18.2 Å². The van der Waals surface area contributed by atoms with Crippen LogP contribution in [0.5, 0.6) is 17.2 Å². The maximum atomic E-state index is 12.0. The lowest BCUT2D eigenvalue weighted by Crippen LogP contribution is -2.37. The number of nitrogens with zero attached hydrogens (tertiary/aromatic N) is 1. The van der Waals surface area contributed by atoms with Crippen molar-refractivity contribution in [3.05, 3.63) is 18.2 Å². The predicted octanol–water partition coefficient (Wildman–Crippen LogP) is 2.17. The number of ether oxygens (including phenoxy) is 3. The van der Waals surface area contributed by atoms with Gasteiger partial charge in [0, 0.05) is 20.8 Å². The van der Waals surface area contributed by atoms with Gasteiger partial charge in [-0.25, -0.2) is 9.69 Å². The number of hydrogen-bond donors (Lipinski definition) is 0. The number of imide groups is 1. The molecule has 0 bridgehead atoms. The van der Waals surface area contributed by atoms with Gasteiger partial charge in [0.15, 0.2) is 11.5 Å². The summed E-state index contributed by atoms with van der Waals surface area (Å²) in [7, 11) is 0. The minimum atomic E-state index is -0.859. The lowest BCUT2D eigenvalue weighted by Gasteiger charge is -2.18. The summed E-state index contributed by atoms with van der Waals surface area (Å²) in [5.41, 5.74) is 0. The fourth-order valence-electron chi connectivity index (χ4n) is 1.83. The molecule has 0 saturated heterocycles. The van der Waals surface area contributed by atoms with E-state index in [0.29, 0.717) is 11.5 Å². The summed E-state index contributed by atoms with van der Waals surface area (Å²) in [5, 5.41) is 0. The van der Waals surface area contributed by atoms with Gasteiger partial charge in [0.1, 0.15) is 0 Å². The summed E-state index contributed by atoms with van der Waals surface area (Å²) < 4.78 is 16.3. The lowest BCUT2D eigenvalue weighted by atomic mass is 10.3. The molecule has 21 heavy (non-hydrogen) atoms. The number of carbonyl (C=O) groups excluding carboxylic acids is 2. The van der Waals surface area contributed by atoms with E-state index in [0.717, 1.165) is 4.90 Å². The lowest BCUT2D eigenvalue weighted by molar-refractivity contribution is -0.126. The zero-order valence-corrected chi connectivity index (χ0v) is 12.0. The van der Waals surface area contributed by atoms with Crippen molar-refractivity contribution in [2.45, 2.75) is 26.6 Å². The van der Waals surface area contributed by atoms with Crippen molar-refractivity contribution in [1.29, 1.82) is 0 Å². The molecule has 6 heteroatoms. The molecule has 1 heterocycles. The van der Waals surface area contributed by atoms with E-state index < -0.39 is 17.8 Å². The van der Waals surface area contributed by atoms with E-state index in [1.165, 1.54) is 6.92 Å². The zero-order chi connectivity index (χ0) is 15.6. The molecule has 0 fully saturated rings. The maximum absolute atomic E-state index is 12.0. The van der Waals surface area contributed by atoms with E-state index in [-0.39, 0.29) is 12.3 Å². The van der Waals surface area contributed by atoms with Gasteiger partial charge in [0.25, 0.3) is 0 Å². The fourth-order valence-corrected chi connectivity index (χ4v) is 1.83. The minimum Gasteiger partial charge on any atom is -0.449 e. The van der Waals surface area contributed by atoms with Crippen molar-refractivity contribution in [2.24, 2.45) is 0 Å². The number of benzene rings is 1. The number of carbonyl (C=O) groups is 2. The van der Waals surface area contributed by atoms with Gasteiger partial charge in [-0.3, -0.25) is 4.79 Å². The molecule has 0 atom stereocenters. The van der Waals surface area contributed by atoms with Crippen LogP contribution in [0.1, 0.15) is 20.8 Å². The first-order chi connectivity index (χ1) is 9.84. The van der Waals surface area contributed by atoms with E-state index in [2.05, 4.69) is 5.92 Å². The molecular formula is C15H15NO5. The SMILES string of the molecule is C#CCN(C(C)=O)C(=O)Oc1cccc2c1OC(C)(C)O2. The van der Waals surface area contributed by atoms with Gasteiger partial charge in [-0.2, -0.15) is 0 Å². The van der Waals surface area contributed by atoms with Crippen LogP contribution >= 0.6 is 0 Å². The van der Waals surface area contributed by atoms with Crippen LogP contribution in [0.2, 0.25) is 0 Å². The third kappa shape index (κ3) is 3.08. The Morgan fingerprint density at radius 3 is 2.71 bits per heavy atom. The molecule has 1 aliphatic rings. The quantitative estimate of drug-likeness (QED) is 0.781. The molecule has 110 valence electrons. The summed E-state index contributed by atoms with van der Waals surface area (Å²) >= 11 is 0. The van der Waals surface area contributed by atoms with Crippen molar-refractivity contribution in [3.63, 3.8) is 0 Å². The molecule has 2 amide bonds. The van der Waals surface area contributed by atoms with E-state index in [1.54, 1.807) is 32.0 Å². The first-order valence-corrected chi connectivity index (χ1v) is 6.28. The van der Waals surface area contributed by atoms with Crippen LogP contribution in [0.3, 0.4) is 0 Å². The molecule has 6 nitrogen and oxygen atoms in total. The predicted molar refractivity (Wildman–Crippen MR) is 74.0 cm³/mol. The second kappa shape index (κ2) is 5.37. The third-order valence-corrected chi connectivity index (χ3v) is 2.69. The van der Waals surface area contributed by atoms with Crippen LogP contribution in [-0.4, -0.2) is 29.2 Å². The number of terminal acetylenes is 1. The van der Waals surface area contributed by atoms with Crippen LogP contribution in [0, 0.1) is 12.3 Å². The molecule has 1 aromatic carbocycles. The molecule has 1 aliphatic heterocycles. The normalized spacial score (nSPS) is 14.2. The minimum absolute atomic E-state index is 0.161. The Hall–Kier alpha value is -2.68. The highest BCUT2D eigenvalue weighted by molar-refractivity contribution is 5.92. The van der Waals surface area contributed by atoms with Crippen molar-refractivity contribution in [2.75, 3.05) is 6.54 Å². The number of fused-ring (bicyclic) bond motifs is 1. The fraction of sp³-hybridized carbons (Fsp3) is 0.333. The van der Waals surface area contributed by atoms with Crippen molar-refractivity contribution >= 4 is 12.0 Å². The monoisotopic (exact) mass is 289 g/mol. The van der Waals surface area contributed by atoms with E-state index in [4.69, 9.17) is 20.6 Å². The third-order valence-electron chi connectivity index (χ3n) is 2.69. The Labute approximate surface area is 122 Å². The van der Waals surface area contributed by atoms with Crippen molar-refractivity contribution in [3.8, 4) is 29.6 Å². The average Bonchev–Trinajstić information content (AvgIpc) is 2.70. The Kier molecular flexibility index (Phi) is 3.76. The second-order valence-corrected chi connectivity index (χ2v) is 4.86. The van der Waals surface area contributed by atoms with Gasteiger partial charge in [-0.15, -0.1) is 6.42 Å². The number of para-hydroxylation sites is 1. The average molecular weight is 289 g/mol. The Morgan fingerprint density at radius 1 is 1.38 bits per heavy atom. The van der Waals surface area contributed by atoms with Crippen molar-refractivity contribution < 1.29 is 23.8 Å². The molecule has 1 aromatic rings. The summed E-state index contributed by atoms with van der Waals surface area (Å²) in [6.45, 7) is 4.54. The Bertz CT molecular complexity index is 629. The maximum Gasteiger partial charge on any atom is 0.422 e. The highest BCUT2D eigenvalue weighted by Crippen LogP contribution is 2.45. The standard InChI is InChI=1S/C15H15NO5/c1-5-9-16(10(2)17)14(18)19-11-7-6-8-12-13(11)21-15(3,4)20-12/h1,6-8H,9H2,2-4H3. The second-order valence-electron chi connectivity index (χ2n) is 4.86. The van der Waals surface area contributed by atoms with Gasteiger partial charge >= 0.3 is 6.09 Å². The largest absolute Gasteiger partial charge is 0.449 e. The van der Waals surface area contributed by atoms with Gasteiger partial charge < -0.3 is 14.2 Å². The molecular weight excluding hydrogens is 274 g/mol. The van der Waals surface area contributed by atoms with Gasteiger partial charge in [0.2, 0.25) is 17.4 Å². The Balaban J connectivity index is 2.22. The number of hydrogen-bond acceptors (Lipinski definition) is 5. The van der Waals surface area contributed by atoms with Crippen LogP contribution in [-0.2, 0) is 4.79 Å². The molecule has 0 N–H and O–H groups in total. The van der Waals surface area contributed by atoms with E-state index in [9.17, 15) is 9.59 Å². The highest BCUT2D eigenvalue weighted by Gasteiger charge is 2.35. The van der Waals surface area contributed by atoms with Crippen molar-refractivity contribution in [1.82, 2.24) is 4.90 Å². The topological polar surface area (TPSA) is 65.1 Å². The number of rotatable bonds is 2. The molecule has 0 radical (unpaired) electrons. The molecule has 0 aromatic heterocycles. The Morgan fingerprint density at radius 2 is 2.10 bits per heavy atom. The highest BCUT2D eigenvalue weighted by atomic mass is 16.7. The first-order valence-electron chi connectivity index (χ1n) is 6.28. The van der Waals surface area contributed by atoms with E-state index >= 15 is 0 Å². The number of amides is 2. The summed E-state index contributed by atoms with van der Waals surface area (Å²) in [6.07, 6.45) is 4.27. The zero-order valence-electron chi connectivity index (χ0n) is 12.0.